The molecule has 0 radical (unpaired) electrons. The molecule has 3 aromatic carbocycles. The van der Waals surface area contributed by atoms with Gasteiger partial charge in [0.25, 0.3) is 5.91 Å². The Hall–Kier alpha value is -3.60. The van der Waals surface area contributed by atoms with E-state index in [9.17, 15) is 9.90 Å². The van der Waals surface area contributed by atoms with Crippen LogP contribution in [0.5, 0.6) is 5.75 Å². The Labute approximate surface area is 157 Å². The number of rotatable bonds is 3. The van der Waals surface area contributed by atoms with Gasteiger partial charge in [0.15, 0.2) is 6.17 Å². The van der Waals surface area contributed by atoms with E-state index in [0.29, 0.717) is 16.8 Å². The summed E-state index contributed by atoms with van der Waals surface area (Å²) in [4.78, 5) is 13.2. The second kappa shape index (κ2) is 6.96. The zero-order chi connectivity index (χ0) is 18.8. The Morgan fingerprint density at radius 3 is 2.41 bits per heavy atom. The number of phenolic OH excluding ortho intramolecular Hbond substituents is 1. The van der Waals surface area contributed by atoms with Gasteiger partial charge >= 0.3 is 0 Å². The number of amides is 1. The van der Waals surface area contributed by atoms with Gasteiger partial charge in [0.05, 0.1) is 11.3 Å². The molecule has 0 fully saturated rings. The van der Waals surface area contributed by atoms with Crippen LogP contribution in [-0.4, -0.2) is 21.7 Å². The molecular formula is C22H19N3O2. The standard InChI is InChI=1S/C22H19N3O2/c1-15(17-11-6-8-14-20(17)26)24-25-21(16-9-3-2-4-10-16)23-19-13-7-5-12-18(19)22(25)27/h2-14,21,23,26H,1H3/b24-15-/t21-/m1/s1. The number of nitrogens with zero attached hydrogens (tertiary/aromatic N) is 2. The van der Waals surface area contributed by atoms with E-state index in [-0.39, 0.29) is 11.7 Å². The van der Waals surface area contributed by atoms with Crippen molar-refractivity contribution < 1.29 is 9.90 Å². The van der Waals surface area contributed by atoms with E-state index in [1.165, 1.54) is 5.01 Å². The summed E-state index contributed by atoms with van der Waals surface area (Å²) < 4.78 is 0. The maximum Gasteiger partial charge on any atom is 0.278 e. The monoisotopic (exact) mass is 357 g/mol. The van der Waals surface area contributed by atoms with Crippen molar-refractivity contribution in [2.45, 2.75) is 13.1 Å². The fourth-order valence-corrected chi connectivity index (χ4v) is 3.20. The van der Waals surface area contributed by atoms with Crippen LogP contribution in [0.15, 0.2) is 84.0 Å². The zero-order valence-electron chi connectivity index (χ0n) is 14.8. The second-order valence-corrected chi connectivity index (χ2v) is 6.36. The molecule has 0 aromatic heterocycles. The number of nitrogens with one attached hydrogen (secondary N) is 1. The fourth-order valence-electron chi connectivity index (χ4n) is 3.20. The molecule has 0 aliphatic carbocycles. The van der Waals surface area contributed by atoms with E-state index < -0.39 is 6.17 Å². The lowest BCUT2D eigenvalue weighted by Gasteiger charge is -2.35. The second-order valence-electron chi connectivity index (χ2n) is 6.36. The van der Waals surface area contributed by atoms with Gasteiger partial charge in [0.2, 0.25) is 0 Å². The molecule has 0 spiro atoms. The van der Waals surface area contributed by atoms with Gasteiger partial charge in [-0.25, -0.2) is 5.01 Å². The van der Waals surface area contributed by atoms with Crippen LogP contribution in [0.1, 0.15) is 34.6 Å². The highest BCUT2D eigenvalue weighted by molar-refractivity contribution is 6.05. The summed E-state index contributed by atoms with van der Waals surface area (Å²) >= 11 is 0. The first-order valence-corrected chi connectivity index (χ1v) is 8.73. The molecule has 1 heterocycles. The number of carbonyl (C=O) groups is 1. The quantitative estimate of drug-likeness (QED) is 0.684. The van der Waals surface area contributed by atoms with Crippen LogP contribution in [0.25, 0.3) is 0 Å². The van der Waals surface area contributed by atoms with E-state index in [2.05, 4.69) is 10.4 Å². The normalized spacial score (nSPS) is 16.6. The van der Waals surface area contributed by atoms with Crippen LogP contribution in [0.2, 0.25) is 0 Å². The molecule has 27 heavy (non-hydrogen) atoms. The molecule has 4 rings (SSSR count). The number of hydrogen-bond acceptors (Lipinski definition) is 4. The first-order chi connectivity index (χ1) is 13.1. The third-order valence-electron chi connectivity index (χ3n) is 4.57. The average Bonchev–Trinajstić information content (AvgIpc) is 2.71. The van der Waals surface area contributed by atoms with E-state index >= 15 is 0 Å². The van der Waals surface area contributed by atoms with Crippen molar-refractivity contribution >= 4 is 17.3 Å². The molecule has 2 N–H and O–H groups in total. The van der Waals surface area contributed by atoms with Gasteiger partial charge in [0, 0.05) is 11.3 Å². The highest BCUT2D eigenvalue weighted by Gasteiger charge is 2.33. The number of anilines is 1. The average molecular weight is 357 g/mol. The largest absolute Gasteiger partial charge is 0.507 e. The number of hydrazone groups is 1. The lowest BCUT2D eigenvalue weighted by Crippen LogP contribution is -2.40. The molecule has 3 aromatic rings. The van der Waals surface area contributed by atoms with Gasteiger partial charge in [-0.05, 0) is 36.8 Å². The van der Waals surface area contributed by atoms with Crippen molar-refractivity contribution in [1.29, 1.82) is 0 Å². The van der Waals surface area contributed by atoms with Gasteiger partial charge < -0.3 is 10.4 Å². The number of carbonyl (C=O) groups excluding carboxylic acids is 1. The van der Waals surface area contributed by atoms with Gasteiger partial charge in [0.1, 0.15) is 5.75 Å². The predicted molar refractivity (Wildman–Crippen MR) is 106 cm³/mol. The topological polar surface area (TPSA) is 64.9 Å². The molecular weight excluding hydrogens is 338 g/mol. The number of fused-ring (bicyclic) bond motifs is 1. The lowest BCUT2D eigenvalue weighted by molar-refractivity contribution is 0.0689. The molecule has 1 amide bonds. The summed E-state index contributed by atoms with van der Waals surface area (Å²) in [5, 5.41) is 19.5. The Bertz CT molecular complexity index is 1010. The summed E-state index contributed by atoms with van der Waals surface area (Å²) in [5.74, 6) is -0.0548. The number of hydrogen-bond donors (Lipinski definition) is 2. The van der Waals surface area contributed by atoms with Crippen LogP contribution < -0.4 is 5.32 Å². The van der Waals surface area contributed by atoms with E-state index in [1.54, 1.807) is 31.2 Å². The van der Waals surface area contributed by atoms with Crippen LogP contribution in [-0.2, 0) is 0 Å². The Morgan fingerprint density at radius 2 is 1.63 bits per heavy atom. The molecule has 5 nitrogen and oxygen atoms in total. The fraction of sp³-hybridized carbons (Fsp3) is 0.0909. The summed E-state index contributed by atoms with van der Waals surface area (Å²) in [7, 11) is 0. The first kappa shape index (κ1) is 16.8. The zero-order valence-corrected chi connectivity index (χ0v) is 14.8. The predicted octanol–water partition coefficient (Wildman–Crippen LogP) is 4.38. The van der Waals surface area contributed by atoms with Crippen molar-refractivity contribution in [3.8, 4) is 5.75 Å². The number of phenols is 1. The number of para-hydroxylation sites is 2. The molecule has 1 atom stereocenters. The molecule has 0 saturated carbocycles. The van der Waals surface area contributed by atoms with Crippen LogP contribution >= 0.6 is 0 Å². The van der Waals surface area contributed by atoms with E-state index in [1.807, 2.05) is 54.6 Å². The van der Waals surface area contributed by atoms with Crippen molar-refractivity contribution in [1.82, 2.24) is 5.01 Å². The van der Waals surface area contributed by atoms with Crippen molar-refractivity contribution in [3.05, 3.63) is 95.6 Å². The molecule has 0 unspecified atom stereocenters. The van der Waals surface area contributed by atoms with Crippen LogP contribution in [0, 0.1) is 0 Å². The third kappa shape index (κ3) is 3.15. The molecule has 1 aliphatic rings. The third-order valence-corrected chi connectivity index (χ3v) is 4.57. The summed E-state index contributed by atoms with van der Waals surface area (Å²) in [6, 6.07) is 24.1. The summed E-state index contributed by atoms with van der Waals surface area (Å²) in [5.41, 5.74) is 3.43. The molecule has 0 bridgehead atoms. The number of benzene rings is 3. The molecule has 0 saturated heterocycles. The molecule has 134 valence electrons. The maximum atomic E-state index is 13.2. The van der Waals surface area contributed by atoms with Gasteiger partial charge in [-0.3, -0.25) is 4.79 Å². The summed E-state index contributed by atoms with van der Waals surface area (Å²) in [6.07, 6.45) is -0.436. The van der Waals surface area contributed by atoms with E-state index in [4.69, 9.17) is 0 Å². The Kier molecular flexibility index (Phi) is 4.34. The SMILES string of the molecule is C/C(=N/N1C(=O)c2ccccc2N[C@H]1c1ccccc1)c1ccccc1O. The van der Waals surface area contributed by atoms with Gasteiger partial charge in [-0.1, -0.05) is 54.6 Å². The summed E-state index contributed by atoms with van der Waals surface area (Å²) in [6.45, 7) is 1.78. The minimum atomic E-state index is -0.436. The van der Waals surface area contributed by atoms with Crippen molar-refractivity contribution in [2.75, 3.05) is 5.32 Å². The van der Waals surface area contributed by atoms with Crippen LogP contribution in [0.3, 0.4) is 0 Å². The van der Waals surface area contributed by atoms with Crippen LogP contribution in [0.4, 0.5) is 5.69 Å². The highest BCUT2D eigenvalue weighted by atomic mass is 16.3. The minimum absolute atomic E-state index is 0.132. The first-order valence-electron chi connectivity index (χ1n) is 8.73. The maximum absolute atomic E-state index is 13.2. The van der Waals surface area contributed by atoms with E-state index in [0.717, 1.165) is 11.3 Å². The molecule has 1 aliphatic heterocycles. The van der Waals surface area contributed by atoms with Crippen molar-refractivity contribution in [3.63, 3.8) is 0 Å². The Balaban J connectivity index is 1.81. The van der Waals surface area contributed by atoms with Crippen molar-refractivity contribution in [2.24, 2.45) is 5.10 Å². The number of aromatic hydroxyl groups is 1. The highest BCUT2D eigenvalue weighted by Crippen LogP contribution is 2.33. The van der Waals surface area contributed by atoms with Gasteiger partial charge in [-0.2, -0.15) is 5.10 Å². The molecule has 5 heteroatoms. The minimum Gasteiger partial charge on any atom is -0.507 e. The Morgan fingerprint density at radius 1 is 0.963 bits per heavy atom. The smallest absolute Gasteiger partial charge is 0.278 e. The lowest BCUT2D eigenvalue weighted by atomic mass is 10.0. The van der Waals surface area contributed by atoms with Gasteiger partial charge in [-0.15, -0.1) is 0 Å².